The fraction of sp³-hybridized carbons (Fsp3) is 0.625. The van der Waals surface area contributed by atoms with E-state index in [2.05, 4.69) is 19.5 Å². The Bertz CT molecular complexity index is 933. The predicted molar refractivity (Wildman–Crippen MR) is 102 cm³/mol. The Labute approximate surface area is 171 Å². The summed E-state index contributed by atoms with van der Waals surface area (Å²) in [7, 11) is -4.79. The third-order valence-electron chi connectivity index (χ3n) is 4.63. The number of nitrogens with two attached hydrogens (primary N) is 1. The summed E-state index contributed by atoms with van der Waals surface area (Å²) in [5.41, 5.74) is 6.36. The van der Waals surface area contributed by atoms with Crippen molar-refractivity contribution in [1.29, 1.82) is 0 Å². The summed E-state index contributed by atoms with van der Waals surface area (Å²) >= 11 is 0. The second-order valence-electron chi connectivity index (χ2n) is 6.84. The first-order chi connectivity index (χ1) is 14.2. The van der Waals surface area contributed by atoms with Crippen LogP contribution in [-0.2, 0) is 23.4 Å². The minimum atomic E-state index is -4.79. The number of carbonyl (C=O) groups excluding carboxylic acids is 1. The van der Waals surface area contributed by atoms with Gasteiger partial charge in [0.05, 0.1) is 12.9 Å². The standard InChI is InChI=1S/C16H24N5O8P/c1-2-3-4-5-10(22)29-13-12(23)9(6-27-30(24,25)26)28-16(13)21-8-20-11-14(17)18-7-19-15(11)21/h7-9,12-13,16,23H,2-6H2,1H3,(H2,17,18,19)(H2,24,25,26)/t9-,12-,13-,16-/m1/s1. The molecule has 2 aromatic heterocycles. The number of anilines is 1. The molecule has 2 aromatic rings. The molecule has 3 heterocycles. The molecule has 0 amide bonds. The first-order valence-corrected chi connectivity index (χ1v) is 10.9. The van der Waals surface area contributed by atoms with Gasteiger partial charge in [-0.15, -0.1) is 0 Å². The molecule has 0 bridgehead atoms. The van der Waals surface area contributed by atoms with Crippen molar-refractivity contribution in [1.82, 2.24) is 19.5 Å². The van der Waals surface area contributed by atoms with Crippen LogP contribution in [0.3, 0.4) is 0 Å². The SMILES string of the molecule is CCCCCC(=O)O[C@@H]1[C@H](O)[C@@H](COP(=O)(O)O)O[C@H]1n1cnc2c(N)ncnc21. The molecule has 0 spiro atoms. The number of nitrogens with zero attached hydrogens (tertiary/aromatic N) is 4. The highest BCUT2D eigenvalue weighted by molar-refractivity contribution is 7.46. The number of ether oxygens (including phenoxy) is 2. The first-order valence-electron chi connectivity index (χ1n) is 9.37. The zero-order chi connectivity index (χ0) is 21.9. The summed E-state index contributed by atoms with van der Waals surface area (Å²) in [5, 5.41) is 10.6. The molecule has 3 rings (SSSR count). The van der Waals surface area contributed by atoms with Gasteiger partial charge in [0, 0.05) is 6.42 Å². The Kier molecular flexibility index (Phi) is 7.01. The van der Waals surface area contributed by atoms with E-state index < -0.39 is 44.9 Å². The van der Waals surface area contributed by atoms with Crippen LogP contribution in [0.15, 0.2) is 12.7 Å². The minimum absolute atomic E-state index is 0.131. The molecule has 5 N–H and O–H groups in total. The van der Waals surface area contributed by atoms with E-state index in [0.717, 1.165) is 12.8 Å². The van der Waals surface area contributed by atoms with E-state index in [4.69, 9.17) is 25.0 Å². The van der Waals surface area contributed by atoms with Crippen LogP contribution in [0.4, 0.5) is 5.82 Å². The van der Waals surface area contributed by atoms with Gasteiger partial charge in [0.1, 0.15) is 24.1 Å². The van der Waals surface area contributed by atoms with Gasteiger partial charge in [-0.2, -0.15) is 0 Å². The maximum absolute atomic E-state index is 12.3. The van der Waals surface area contributed by atoms with Gasteiger partial charge in [0.15, 0.2) is 23.8 Å². The van der Waals surface area contributed by atoms with Gasteiger partial charge in [0.2, 0.25) is 0 Å². The number of nitrogen functional groups attached to an aromatic ring is 1. The lowest BCUT2D eigenvalue weighted by molar-refractivity contribution is -0.158. The molecule has 0 unspecified atom stereocenters. The number of aliphatic hydroxyl groups is 1. The molecule has 0 saturated carbocycles. The van der Waals surface area contributed by atoms with Crippen LogP contribution in [0.5, 0.6) is 0 Å². The molecule has 0 aromatic carbocycles. The van der Waals surface area contributed by atoms with Gasteiger partial charge in [-0.3, -0.25) is 13.9 Å². The van der Waals surface area contributed by atoms with Crippen LogP contribution in [0.2, 0.25) is 0 Å². The van der Waals surface area contributed by atoms with Crippen molar-refractivity contribution in [3.05, 3.63) is 12.7 Å². The Morgan fingerprint density at radius 3 is 2.80 bits per heavy atom. The number of hydrogen-bond acceptors (Lipinski definition) is 10. The molecule has 0 radical (unpaired) electrons. The van der Waals surface area contributed by atoms with Crippen LogP contribution < -0.4 is 5.73 Å². The van der Waals surface area contributed by atoms with E-state index in [1.54, 1.807) is 0 Å². The summed E-state index contributed by atoms with van der Waals surface area (Å²) in [4.78, 5) is 42.2. The molecule has 1 aliphatic heterocycles. The van der Waals surface area contributed by atoms with Crippen LogP contribution in [0.25, 0.3) is 11.2 Å². The highest BCUT2D eigenvalue weighted by Crippen LogP contribution is 2.39. The number of phosphoric ester groups is 1. The molecule has 1 fully saturated rings. The average molecular weight is 445 g/mol. The topological polar surface area (TPSA) is 192 Å². The monoisotopic (exact) mass is 445 g/mol. The third kappa shape index (κ3) is 5.12. The maximum Gasteiger partial charge on any atom is 0.469 e. The van der Waals surface area contributed by atoms with Crippen LogP contribution in [-0.4, -0.2) is 65.3 Å². The number of esters is 1. The fourth-order valence-corrected chi connectivity index (χ4v) is 3.50. The molecule has 13 nitrogen and oxygen atoms in total. The number of imidazole rings is 1. The Hall–Kier alpha value is -2.15. The van der Waals surface area contributed by atoms with Gasteiger partial charge in [-0.25, -0.2) is 19.5 Å². The number of rotatable bonds is 9. The van der Waals surface area contributed by atoms with E-state index in [1.807, 2.05) is 6.92 Å². The first kappa shape index (κ1) is 22.5. The Balaban J connectivity index is 1.85. The zero-order valence-electron chi connectivity index (χ0n) is 16.2. The second-order valence-corrected chi connectivity index (χ2v) is 8.08. The smallest absolute Gasteiger partial charge is 0.455 e. The van der Waals surface area contributed by atoms with Crippen molar-refractivity contribution in [3.63, 3.8) is 0 Å². The summed E-state index contributed by atoms with van der Waals surface area (Å²) < 4.78 is 28.1. The molecule has 14 heteroatoms. The molecular formula is C16H24N5O8P. The van der Waals surface area contributed by atoms with Crippen molar-refractivity contribution in [2.45, 2.75) is 57.1 Å². The second kappa shape index (κ2) is 9.33. The van der Waals surface area contributed by atoms with E-state index in [0.29, 0.717) is 11.9 Å². The number of aliphatic hydroxyl groups excluding tert-OH is 1. The van der Waals surface area contributed by atoms with E-state index in [9.17, 15) is 14.5 Å². The van der Waals surface area contributed by atoms with E-state index >= 15 is 0 Å². The summed E-state index contributed by atoms with van der Waals surface area (Å²) in [6, 6.07) is 0. The van der Waals surface area contributed by atoms with Crippen LogP contribution in [0, 0.1) is 0 Å². The van der Waals surface area contributed by atoms with Crippen molar-refractivity contribution in [3.8, 4) is 0 Å². The van der Waals surface area contributed by atoms with E-state index in [-0.39, 0.29) is 17.9 Å². The molecule has 0 aliphatic carbocycles. The number of fused-ring (bicyclic) bond motifs is 1. The van der Waals surface area contributed by atoms with Gasteiger partial charge in [0.25, 0.3) is 0 Å². The minimum Gasteiger partial charge on any atom is -0.455 e. The molecular weight excluding hydrogens is 421 g/mol. The van der Waals surface area contributed by atoms with E-state index in [1.165, 1.54) is 17.2 Å². The molecule has 30 heavy (non-hydrogen) atoms. The molecule has 4 atom stereocenters. The van der Waals surface area contributed by atoms with Crippen LogP contribution in [0.1, 0.15) is 38.8 Å². The van der Waals surface area contributed by atoms with Gasteiger partial charge < -0.3 is 30.1 Å². The number of unbranched alkanes of at least 4 members (excludes halogenated alkanes) is 2. The Morgan fingerprint density at radius 2 is 2.10 bits per heavy atom. The van der Waals surface area contributed by atoms with Crippen molar-refractivity contribution >= 4 is 30.8 Å². The molecule has 1 aliphatic rings. The molecule has 1 saturated heterocycles. The summed E-state index contributed by atoms with van der Waals surface area (Å²) in [5.74, 6) is -0.400. The average Bonchev–Trinajstić information content (AvgIpc) is 3.23. The summed E-state index contributed by atoms with van der Waals surface area (Å²) in [6.45, 7) is 1.38. The normalized spacial score (nSPS) is 24.4. The number of carbonyl (C=O) groups is 1. The fourth-order valence-electron chi connectivity index (χ4n) is 3.16. The van der Waals surface area contributed by atoms with Crippen LogP contribution >= 0.6 is 7.82 Å². The molecule has 166 valence electrons. The number of aromatic nitrogens is 4. The number of hydrogen-bond donors (Lipinski definition) is 4. The van der Waals surface area contributed by atoms with Gasteiger partial charge in [-0.1, -0.05) is 19.8 Å². The zero-order valence-corrected chi connectivity index (χ0v) is 17.1. The van der Waals surface area contributed by atoms with Gasteiger partial charge >= 0.3 is 13.8 Å². The lowest BCUT2D eigenvalue weighted by Gasteiger charge is -2.22. The maximum atomic E-state index is 12.3. The lowest BCUT2D eigenvalue weighted by atomic mass is 10.1. The van der Waals surface area contributed by atoms with Gasteiger partial charge in [-0.05, 0) is 6.42 Å². The largest absolute Gasteiger partial charge is 0.469 e. The van der Waals surface area contributed by atoms with Crippen molar-refractivity contribution < 1.29 is 38.3 Å². The van der Waals surface area contributed by atoms with Crippen molar-refractivity contribution in [2.75, 3.05) is 12.3 Å². The third-order valence-corrected chi connectivity index (χ3v) is 5.12. The highest BCUT2D eigenvalue weighted by Gasteiger charge is 2.48. The predicted octanol–water partition coefficient (Wildman–Crippen LogP) is 0.268. The lowest BCUT2D eigenvalue weighted by Crippen LogP contribution is -2.37. The highest BCUT2D eigenvalue weighted by atomic mass is 31.2. The summed E-state index contributed by atoms with van der Waals surface area (Å²) in [6.07, 6.45) is 0.301. The Morgan fingerprint density at radius 1 is 1.33 bits per heavy atom. The van der Waals surface area contributed by atoms with Crippen molar-refractivity contribution in [2.24, 2.45) is 0 Å². The quantitative estimate of drug-likeness (QED) is 0.234. The number of phosphoric acid groups is 1.